The molecule has 0 fully saturated rings. The Labute approximate surface area is 127 Å². The molecule has 108 valence electrons. The van der Waals surface area contributed by atoms with Crippen LogP contribution in [0.3, 0.4) is 0 Å². The van der Waals surface area contributed by atoms with Gasteiger partial charge in [-0.3, -0.25) is 0 Å². The molecule has 0 radical (unpaired) electrons. The van der Waals surface area contributed by atoms with Crippen LogP contribution in [-0.4, -0.2) is 20.3 Å². The van der Waals surface area contributed by atoms with Crippen molar-refractivity contribution in [3.05, 3.63) is 41.8 Å². The highest BCUT2D eigenvalue weighted by Gasteiger charge is 2.08. The second-order valence-corrected chi connectivity index (χ2v) is 6.23. The van der Waals surface area contributed by atoms with Crippen LogP contribution in [0.25, 0.3) is 0 Å². The number of halogens is 1. The van der Waals surface area contributed by atoms with Gasteiger partial charge in [0.25, 0.3) is 0 Å². The highest BCUT2D eigenvalue weighted by atomic mass is 32.2. The van der Waals surface area contributed by atoms with Gasteiger partial charge in [-0.25, -0.2) is 4.39 Å². The molecule has 0 unspecified atom stereocenters. The summed E-state index contributed by atoms with van der Waals surface area (Å²) in [6, 6.07) is 6.06. The molecule has 2 aromatic heterocycles. The Bertz CT molecular complexity index is 727. The van der Waals surface area contributed by atoms with Gasteiger partial charge in [0, 0.05) is 5.69 Å². The Morgan fingerprint density at radius 3 is 2.81 bits per heavy atom. The van der Waals surface area contributed by atoms with Gasteiger partial charge < -0.3 is 9.84 Å². The first-order chi connectivity index (χ1) is 10.2. The molecular formula is C12H10FN5OS2. The Morgan fingerprint density at radius 1 is 1.29 bits per heavy atom. The van der Waals surface area contributed by atoms with E-state index in [2.05, 4.69) is 25.7 Å². The van der Waals surface area contributed by atoms with Crippen LogP contribution in [0.5, 0.6) is 0 Å². The summed E-state index contributed by atoms with van der Waals surface area (Å²) in [7, 11) is 0. The second-order valence-electron chi connectivity index (χ2n) is 4.03. The molecule has 21 heavy (non-hydrogen) atoms. The fourth-order valence-corrected chi connectivity index (χ4v) is 3.11. The Balaban J connectivity index is 1.59. The van der Waals surface area contributed by atoms with Crippen LogP contribution in [0, 0.1) is 12.7 Å². The van der Waals surface area contributed by atoms with Crippen molar-refractivity contribution < 1.29 is 8.91 Å². The van der Waals surface area contributed by atoms with E-state index in [0.717, 1.165) is 10.0 Å². The van der Waals surface area contributed by atoms with Gasteiger partial charge in [0.1, 0.15) is 5.82 Å². The molecule has 6 nitrogen and oxygen atoms in total. The van der Waals surface area contributed by atoms with E-state index in [1.54, 1.807) is 19.1 Å². The molecule has 1 aromatic carbocycles. The summed E-state index contributed by atoms with van der Waals surface area (Å²) in [5, 5.41) is 15.5. The monoisotopic (exact) mass is 323 g/mol. The summed E-state index contributed by atoms with van der Waals surface area (Å²) in [6.07, 6.45) is 0. The summed E-state index contributed by atoms with van der Waals surface area (Å²) in [6.45, 7) is 1.77. The Kier molecular flexibility index (Phi) is 4.11. The fourth-order valence-electron chi connectivity index (χ4n) is 1.50. The maximum absolute atomic E-state index is 12.8. The molecule has 3 rings (SSSR count). The highest BCUT2D eigenvalue weighted by molar-refractivity contribution is 8.00. The molecule has 0 amide bonds. The zero-order valence-electron chi connectivity index (χ0n) is 10.9. The van der Waals surface area contributed by atoms with Gasteiger partial charge in [0.15, 0.2) is 10.2 Å². The minimum Gasteiger partial charge on any atom is -0.338 e. The van der Waals surface area contributed by atoms with Gasteiger partial charge in [0.05, 0.1) is 5.75 Å². The summed E-state index contributed by atoms with van der Waals surface area (Å²) in [5.74, 6) is 1.44. The lowest BCUT2D eigenvalue weighted by atomic mass is 10.3. The number of aryl methyl sites for hydroxylation is 1. The molecule has 0 spiro atoms. The molecule has 0 aliphatic heterocycles. The topological polar surface area (TPSA) is 76.7 Å². The van der Waals surface area contributed by atoms with Crippen LogP contribution in [0.15, 0.2) is 33.1 Å². The zero-order valence-corrected chi connectivity index (χ0v) is 12.5. The van der Waals surface area contributed by atoms with Crippen molar-refractivity contribution in [2.75, 3.05) is 5.32 Å². The average Bonchev–Trinajstić information content (AvgIpc) is 3.08. The van der Waals surface area contributed by atoms with E-state index in [4.69, 9.17) is 4.52 Å². The SMILES string of the molecule is Cc1noc(CSc2nnc(Nc3ccc(F)cc3)s2)n1. The molecule has 0 saturated carbocycles. The second kappa shape index (κ2) is 6.19. The first-order valence-electron chi connectivity index (χ1n) is 5.97. The summed E-state index contributed by atoms with van der Waals surface area (Å²) in [5.41, 5.74) is 0.761. The molecule has 0 bridgehead atoms. The fraction of sp³-hybridized carbons (Fsp3) is 0.167. The molecule has 1 N–H and O–H groups in total. The normalized spacial score (nSPS) is 10.8. The number of hydrogen-bond donors (Lipinski definition) is 1. The van der Waals surface area contributed by atoms with E-state index in [1.807, 2.05) is 0 Å². The number of thioether (sulfide) groups is 1. The maximum atomic E-state index is 12.8. The Morgan fingerprint density at radius 2 is 2.10 bits per heavy atom. The van der Waals surface area contributed by atoms with Gasteiger partial charge in [-0.2, -0.15) is 4.98 Å². The third-order valence-corrected chi connectivity index (χ3v) is 4.35. The number of aromatic nitrogens is 4. The lowest BCUT2D eigenvalue weighted by molar-refractivity contribution is 0.387. The van der Waals surface area contributed by atoms with Crippen molar-refractivity contribution in [3.63, 3.8) is 0 Å². The molecule has 9 heteroatoms. The maximum Gasteiger partial charge on any atom is 0.237 e. The minimum absolute atomic E-state index is 0.274. The van der Waals surface area contributed by atoms with Gasteiger partial charge in [-0.15, -0.1) is 10.2 Å². The third-order valence-electron chi connectivity index (χ3n) is 2.39. The summed E-state index contributed by atoms with van der Waals surface area (Å²) < 4.78 is 18.6. The number of nitrogens with zero attached hydrogens (tertiary/aromatic N) is 4. The predicted octanol–water partition coefficient (Wildman–Crippen LogP) is 3.40. The van der Waals surface area contributed by atoms with Crippen LogP contribution in [0.1, 0.15) is 11.7 Å². The van der Waals surface area contributed by atoms with E-state index < -0.39 is 0 Å². The van der Waals surface area contributed by atoms with Crippen molar-refractivity contribution in [1.82, 2.24) is 20.3 Å². The highest BCUT2D eigenvalue weighted by Crippen LogP contribution is 2.29. The zero-order chi connectivity index (χ0) is 14.7. The quantitative estimate of drug-likeness (QED) is 0.721. The predicted molar refractivity (Wildman–Crippen MR) is 78.2 cm³/mol. The first-order valence-corrected chi connectivity index (χ1v) is 7.77. The summed E-state index contributed by atoms with van der Waals surface area (Å²) >= 11 is 2.87. The van der Waals surface area contributed by atoms with Gasteiger partial charge in [-0.1, -0.05) is 28.3 Å². The lowest BCUT2D eigenvalue weighted by Gasteiger charge is -2.00. The Hall–Kier alpha value is -2.00. The van der Waals surface area contributed by atoms with Crippen LogP contribution < -0.4 is 5.32 Å². The van der Waals surface area contributed by atoms with Crippen molar-refractivity contribution in [2.45, 2.75) is 17.0 Å². The van der Waals surface area contributed by atoms with E-state index in [-0.39, 0.29) is 5.82 Å². The van der Waals surface area contributed by atoms with Gasteiger partial charge in [0.2, 0.25) is 11.0 Å². The van der Waals surface area contributed by atoms with Crippen LogP contribution >= 0.6 is 23.1 Å². The van der Waals surface area contributed by atoms with Crippen LogP contribution in [-0.2, 0) is 5.75 Å². The van der Waals surface area contributed by atoms with E-state index in [1.165, 1.54) is 35.2 Å². The van der Waals surface area contributed by atoms with Crippen molar-refractivity contribution in [1.29, 1.82) is 0 Å². The first kappa shape index (κ1) is 14.0. The molecule has 0 aliphatic rings. The van der Waals surface area contributed by atoms with E-state index >= 15 is 0 Å². The number of anilines is 2. The molecule has 0 saturated heterocycles. The van der Waals surface area contributed by atoms with Crippen molar-refractivity contribution in [3.8, 4) is 0 Å². The standard InChI is InChI=1S/C12H10FN5OS2/c1-7-14-10(19-18-7)6-20-12-17-16-11(21-12)15-9-4-2-8(13)3-5-9/h2-5H,6H2,1H3,(H,15,16). The molecular weight excluding hydrogens is 313 g/mol. The molecule has 2 heterocycles. The minimum atomic E-state index is -0.274. The van der Waals surface area contributed by atoms with Crippen molar-refractivity contribution >= 4 is 33.9 Å². The number of nitrogens with one attached hydrogen (secondary N) is 1. The largest absolute Gasteiger partial charge is 0.338 e. The smallest absolute Gasteiger partial charge is 0.237 e. The van der Waals surface area contributed by atoms with E-state index in [0.29, 0.717) is 22.6 Å². The number of benzene rings is 1. The van der Waals surface area contributed by atoms with Crippen LogP contribution in [0.2, 0.25) is 0 Å². The number of rotatable bonds is 5. The average molecular weight is 323 g/mol. The third kappa shape index (κ3) is 3.76. The molecule has 0 aliphatic carbocycles. The van der Waals surface area contributed by atoms with Crippen molar-refractivity contribution in [2.24, 2.45) is 0 Å². The van der Waals surface area contributed by atoms with Gasteiger partial charge in [-0.05, 0) is 31.2 Å². The lowest BCUT2D eigenvalue weighted by Crippen LogP contribution is -1.89. The van der Waals surface area contributed by atoms with Crippen LogP contribution in [0.4, 0.5) is 15.2 Å². The molecule has 0 atom stereocenters. The van der Waals surface area contributed by atoms with Gasteiger partial charge >= 0.3 is 0 Å². The summed E-state index contributed by atoms with van der Waals surface area (Å²) in [4.78, 5) is 4.12. The molecule has 3 aromatic rings. The van der Waals surface area contributed by atoms with E-state index in [9.17, 15) is 4.39 Å². The number of hydrogen-bond acceptors (Lipinski definition) is 8.